The van der Waals surface area contributed by atoms with E-state index in [1.54, 1.807) is 0 Å². The van der Waals surface area contributed by atoms with Gasteiger partial charge in [0.1, 0.15) is 0 Å². The summed E-state index contributed by atoms with van der Waals surface area (Å²) in [5.74, 6) is 0. The van der Waals surface area contributed by atoms with Crippen molar-refractivity contribution in [2.24, 2.45) is 0 Å². The number of ether oxygens (including phenoxy) is 1. The van der Waals surface area contributed by atoms with Gasteiger partial charge in [-0.2, -0.15) is 11.8 Å². The van der Waals surface area contributed by atoms with Crippen molar-refractivity contribution in [3.63, 3.8) is 0 Å². The summed E-state index contributed by atoms with van der Waals surface area (Å²) in [6.07, 6.45) is 6.18. The maximum Gasteiger partial charge on any atom is 0.0620 e. The van der Waals surface area contributed by atoms with Crippen molar-refractivity contribution >= 4 is 11.8 Å². The maximum absolute atomic E-state index is 5.33. The first-order chi connectivity index (χ1) is 5.90. The van der Waals surface area contributed by atoms with Crippen LogP contribution in [-0.2, 0) is 4.74 Å². The fraction of sp³-hybridized carbons (Fsp3) is 1.00. The van der Waals surface area contributed by atoms with Crippen molar-refractivity contribution in [2.45, 2.75) is 36.6 Å². The topological polar surface area (TPSA) is 21.3 Å². The van der Waals surface area contributed by atoms with Crippen LogP contribution in [0.1, 0.15) is 19.3 Å². The van der Waals surface area contributed by atoms with Crippen LogP contribution in [-0.4, -0.2) is 36.8 Å². The first-order valence-electron chi connectivity index (χ1n) is 4.76. The van der Waals surface area contributed by atoms with Gasteiger partial charge in [-0.3, -0.25) is 0 Å². The Hall–Kier alpha value is 0.270. The minimum atomic E-state index is 0.643. The average Bonchev–Trinajstić information content (AvgIpc) is 2.51. The number of thioether (sulfide) groups is 1. The van der Waals surface area contributed by atoms with E-state index < -0.39 is 0 Å². The molecule has 0 aromatic rings. The number of nitrogens with one attached hydrogen (secondary N) is 1. The monoisotopic (exact) mass is 187 g/mol. The Labute approximate surface area is 78.4 Å². The van der Waals surface area contributed by atoms with Gasteiger partial charge in [0.25, 0.3) is 0 Å². The summed E-state index contributed by atoms with van der Waals surface area (Å²) in [6, 6.07) is 1.41. The molecule has 2 fully saturated rings. The molecule has 1 aliphatic heterocycles. The first kappa shape index (κ1) is 8.85. The molecule has 3 atom stereocenters. The average molecular weight is 187 g/mol. The van der Waals surface area contributed by atoms with Crippen molar-refractivity contribution in [1.29, 1.82) is 0 Å². The Morgan fingerprint density at radius 2 is 2.25 bits per heavy atom. The SMILES string of the molecule is CSC1CCC1NC1CCOC1. The lowest BCUT2D eigenvalue weighted by molar-refractivity contribution is 0.184. The van der Waals surface area contributed by atoms with Crippen LogP contribution < -0.4 is 5.32 Å². The highest BCUT2D eigenvalue weighted by Gasteiger charge is 2.32. The van der Waals surface area contributed by atoms with Gasteiger partial charge in [-0.1, -0.05) is 0 Å². The lowest BCUT2D eigenvalue weighted by Crippen LogP contribution is -2.50. The van der Waals surface area contributed by atoms with Gasteiger partial charge in [-0.05, 0) is 25.5 Å². The van der Waals surface area contributed by atoms with E-state index in [4.69, 9.17) is 4.74 Å². The molecule has 1 aliphatic carbocycles. The normalized spacial score (nSPS) is 41.2. The molecule has 0 radical (unpaired) electrons. The second-order valence-corrected chi connectivity index (χ2v) is 4.76. The summed E-state index contributed by atoms with van der Waals surface area (Å²) in [4.78, 5) is 0. The summed E-state index contributed by atoms with van der Waals surface area (Å²) < 4.78 is 5.33. The quantitative estimate of drug-likeness (QED) is 0.718. The van der Waals surface area contributed by atoms with Gasteiger partial charge in [0.05, 0.1) is 6.61 Å². The highest BCUT2D eigenvalue weighted by molar-refractivity contribution is 7.99. The molecule has 2 nitrogen and oxygen atoms in total. The second kappa shape index (κ2) is 3.99. The van der Waals surface area contributed by atoms with Crippen LogP contribution in [0.25, 0.3) is 0 Å². The van der Waals surface area contributed by atoms with Crippen LogP contribution in [0.3, 0.4) is 0 Å². The first-order valence-corrected chi connectivity index (χ1v) is 6.05. The molecule has 0 amide bonds. The molecule has 12 heavy (non-hydrogen) atoms. The van der Waals surface area contributed by atoms with E-state index in [0.29, 0.717) is 6.04 Å². The fourth-order valence-corrected chi connectivity index (χ4v) is 2.83. The zero-order valence-electron chi connectivity index (χ0n) is 7.58. The molecule has 1 saturated carbocycles. The van der Waals surface area contributed by atoms with E-state index in [1.165, 1.54) is 19.3 Å². The van der Waals surface area contributed by atoms with E-state index in [1.807, 2.05) is 11.8 Å². The highest BCUT2D eigenvalue weighted by Crippen LogP contribution is 2.30. The van der Waals surface area contributed by atoms with Crippen molar-refractivity contribution in [1.82, 2.24) is 5.32 Å². The lowest BCUT2D eigenvalue weighted by atomic mass is 9.91. The second-order valence-electron chi connectivity index (χ2n) is 3.69. The summed E-state index contributed by atoms with van der Waals surface area (Å²) in [7, 11) is 0. The van der Waals surface area contributed by atoms with Gasteiger partial charge in [0, 0.05) is 23.9 Å². The smallest absolute Gasteiger partial charge is 0.0620 e. The fourth-order valence-electron chi connectivity index (χ4n) is 1.91. The zero-order valence-corrected chi connectivity index (χ0v) is 8.40. The molecule has 0 aromatic carbocycles. The van der Waals surface area contributed by atoms with Gasteiger partial charge in [-0.15, -0.1) is 0 Å². The van der Waals surface area contributed by atoms with E-state index in [-0.39, 0.29) is 0 Å². The highest BCUT2D eigenvalue weighted by atomic mass is 32.2. The molecule has 0 spiro atoms. The predicted octanol–water partition coefficient (Wildman–Crippen LogP) is 1.26. The van der Waals surface area contributed by atoms with Gasteiger partial charge in [0.2, 0.25) is 0 Å². The van der Waals surface area contributed by atoms with Crippen molar-refractivity contribution < 1.29 is 4.74 Å². The maximum atomic E-state index is 5.33. The lowest BCUT2D eigenvalue weighted by Gasteiger charge is -2.37. The largest absolute Gasteiger partial charge is 0.380 e. The number of rotatable bonds is 3. The Morgan fingerprint density at radius 1 is 1.33 bits per heavy atom. The summed E-state index contributed by atoms with van der Waals surface area (Å²) >= 11 is 2.00. The third-order valence-corrected chi connectivity index (χ3v) is 4.06. The Morgan fingerprint density at radius 3 is 2.75 bits per heavy atom. The summed E-state index contributed by atoms with van der Waals surface area (Å²) in [5, 5.41) is 4.54. The Balaban J connectivity index is 1.71. The summed E-state index contributed by atoms with van der Waals surface area (Å²) in [6.45, 7) is 1.88. The van der Waals surface area contributed by atoms with Crippen LogP contribution in [0, 0.1) is 0 Å². The number of hydrogen-bond donors (Lipinski definition) is 1. The van der Waals surface area contributed by atoms with Crippen molar-refractivity contribution in [3.05, 3.63) is 0 Å². The van der Waals surface area contributed by atoms with E-state index >= 15 is 0 Å². The van der Waals surface area contributed by atoms with Crippen LogP contribution in [0.15, 0.2) is 0 Å². The molecular weight excluding hydrogens is 170 g/mol. The zero-order chi connectivity index (χ0) is 8.39. The molecular formula is C9H17NOS. The van der Waals surface area contributed by atoms with Gasteiger partial charge in [0.15, 0.2) is 0 Å². The van der Waals surface area contributed by atoms with Gasteiger partial charge >= 0.3 is 0 Å². The third-order valence-electron chi connectivity index (χ3n) is 2.89. The van der Waals surface area contributed by atoms with E-state index in [2.05, 4.69) is 11.6 Å². The predicted molar refractivity (Wildman–Crippen MR) is 52.7 cm³/mol. The van der Waals surface area contributed by atoms with E-state index in [0.717, 1.165) is 24.5 Å². The Bertz CT molecular complexity index is 145. The molecule has 2 rings (SSSR count). The molecule has 1 saturated heterocycles. The van der Waals surface area contributed by atoms with Crippen LogP contribution in [0.2, 0.25) is 0 Å². The van der Waals surface area contributed by atoms with Crippen molar-refractivity contribution in [2.75, 3.05) is 19.5 Å². The standard InChI is InChI=1S/C9H17NOS/c1-12-9-3-2-8(9)10-7-4-5-11-6-7/h7-10H,2-6H2,1H3. The summed E-state index contributed by atoms with van der Waals surface area (Å²) in [5.41, 5.74) is 0. The van der Waals surface area contributed by atoms with Gasteiger partial charge in [-0.25, -0.2) is 0 Å². The molecule has 70 valence electrons. The molecule has 2 aliphatic rings. The number of hydrogen-bond acceptors (Lipinski definition) is 3. The van der Waals surface area contributed by atoms with Crippen LogP contribution in [0.4, 0.5) is 0 Å². The molecule has 1 heterocycles. The molecule has 3 unspecified atom stereocenters. The minimum absolute atomic E-state index is 0.643. The molecule has 0 aromatic heterocycles. The van der Waals surface area contributed by atoms with E-state index in [9.17, 15) is 0 Å². The van der Waals surface area contributed by atoms with Gasteiger partial charge < -0.3 is 10.1 Å². The third kappa shape index (κ3) is 1.78. The molecule has 1 N–H and O–H groups in total. The van der Waals surface area contributed by atoms with Crippen LogP contribution in [0.5, 0.6) is 0 Å². The molecule has 0 bridgehead atoms. The molecule has 3 heteroatoms. The Kier molecular flexibility index (Phi) is 2.94. The minimum Gasteiger partial charge on any atom is -0.380 e. The van der Waals surface area contributed by atoms with Crippen molar-refractivity contribution in [3.8, 4) is 0 Å². The van der Waals surface area contributed by atoms with Crippen LogP contribution >= 0.6 is 11.8 Å².